The molecule has 2 heterocycles. The molecule has 2 aliphatic rings. The summed E-state index contributed by atoms with van der Waals surface area (Å²) in [6.45, 7) is -2.05. The van der Waals surface area contributed by atoms with Gasteiger partial charge in [-0.1, -0.05) is 13.8 Å². The van der Waals surface area contributed by atoms with E-state index in [0.717, 1.165) is 30.6 Å². The Morgan fingerprint density at radius 3 is 2.92 bits per heavy atom. The van der Waals surface area contributed by atoms with E-state index in [9.17, 15) is 14.6 Å². The Kier molecular flexibility index (Phi) is 4.37. The van der Waals surface area contributed by atoms with Crippen LogP contribution in [0.3, 0.4) is 0 Å². The zero-order valence-corrected chi connectivity index (χ0v) is 15.3. The molecule has 0 radical (unpaired) electrons. The number of rotatable bonds is 7. The van der Waals surface area contributed by atoms with Crippen molar-refractivity contribution in [2.24, 2.45) is 11.8 Å². The number of halogens is 1. The first-order chi connectivity index (χ1) is 14.7. The molecular weight excluding hydrogens is 332 g/mol. The molecule has 1 aromatic carbocycles. The maximum Gasteiger partial charge on any atom is 0.125 e. The van der Waals surface area contributed by atoms with Gasteiger partial charge in [-0.05, 0) is 54.4 Å². The van der Waals surface area contributed by atoms with Crippen LogP contribution in [0.25, 0.3) is 0 Å². The van der Waals surface area contributed by atoms with E-state index in [4.69, 9.17) is 13.0 Å². The third-order valence-electron chi connectivity index (χ3n) is 5.47. The van der Waals surface area contributed by atoms with Crippen molar-refractivity contribution in [2.45, 2.75) is 58.2 Å². The minimum absolute atomic E-state index is 0.0558. The first kappa shape index (κ1) is 13.1. The van der Waals surface area contributed by atoms with E-state index in [1.807, 2.05) is 0 Å². The highest BCUT2D eigenvalue weighted by molar-refractivity contribution is 5.45. The Hall–Kier alpha value is -1.17. The molecule has 1 fully saturated rings. The average molecular weight is 371 g/mol. The number of alkyl halides is 1. The van der Waals surface area contributed by atoms with Crippen molar-refractivity contribution in [3.05, 3.63) is 28.8 Å². The summed E-state index contributed by atoms with van der Waals surface area (Å²) in [5, 5.41) is 20.6. The van der Waals surface area contributed by atoms with Gasteiger partial charge in [-0.15, -0.1) is 0 Å². The zero-order valence-electron chi connectivity index (χ0n) is 21.3. The molecule has 26 heavy (non-hydrogen) atoms. The van der Waals surface area contributed by atoms with Crippen molar-refractivity contribution in [2.75, 3.05) is 26.3 Å². The number of piperidine rings is 1. The van der Waals surface area contributed by atoms with Gasteiger partial charge in [0.15, 0.2) is 0 Å². The minimum atomic E-state index is -3.98. The van der Waals surface area contributed by atoms with Crippen LogP contribution in [-0.2, 0) is 13.0 Å². The molecule has 0 bridgehead atoms. The predicted molar refractivity (Wildman–Crippen MR) is 100 cm³/mol. The highest BCUT2D eigenvalue weighted by Gasteiger charge is 2.38. The smallest absolute Gasteiger partial charge is 0.125 e. The van der Waals surface area contributed by atoms with E-state index >= 15 is 0 Å². The van der Waals surface area contributed by atoms with Gasteiger partial charge in [0.1, 0.15) is 5.75 Å². The minimum Gasteiger partial charge on any atom is -0.493 e. The SMILES string of the molecule is [2H]C([2H])([18F])C([2H])([2H])C([2H])([2H])Oc1cc2c(cc1CO)[C@H]1C[C@@H](O)[C@H](CC(C)C)CN1CC2. The summed E-state index contributed by atoms with van der Waals surface area (Å²) in [5.74, 6) is 0.528. The number of aliphatic hydroxyl groups excluding tert-OH is 2. The second-order valence-electron chi connectivity index (χ2n) is 7.69. The highest BCUT2D eigenvalue weighted by atomic mass is 18.2. The summed E-state index contributed by atoms with van der Waals surface area (Å²) in [5.41, 5.74) is 1.93. The third-order valence-corrected chi connectivity index (χ3v) is 5.47. The van der Waals surface area contributed by atoms with Crippen LogP contribution in [0.4, 0.5) is 4.39 Å². The molecule has 4 nitrogen and oxygen atoms in total. The van der Waals surface area contributed by atoms with Crippen LogP contribution in [0.1, 0.15) is 64.0 Å². The highest BCUT2D eigenvalue weighted by Crippen LogP contribution is 2.42. The molecule has 2 aliphatic heterocycles. The van der Waals surface area contributed by atoms with E-state index in [2.05, 4.69) is 18.7 Å². The number of hydrogen-bond donors (Lipinski definition) is 2. The summed E-state index contributed by atoms with van der Waals surface area (Å²) in [6.07, 6.45) is -1.94. The van der Waals surface area contributed by atoms with Crippen LogP contribution < -0.4 is 4.74 Å². The van der Waals surface area contributed by atoms with Crippen molar-refractivity contribution in [1.82, 2.24) is 4.90 Å². The maximum atomic E-state index is 13.7. The Balaban J connectivity index is 1.90. The number of benzene rings is 1. The van der Waals surface area contributed by atoms with Gasteiger partial charge in [0.05, 0.1) is 31.4 Å². The first-order valence-electron chi connectivity index (χ1n) is 12.2. The molecule has 0 aliphatic carbocycles. The Morgan fingerprint density at radius 1 is 1.42 bits per heavy atom. The summed E-state index contributed by atoms with van der Waals surface area (Å²) in [4.78, 5) is 2.32. The van der Waals surface area contributed by atoms with Crippen LogP contribution in [-0.4, -0.2) is 47.5 Å². The van der Waals surface area contributed by atoms with Crippen molar-refractivity contribution in [1.29, 1.82) is 0 Å². The topological polar surface area (TPSA) is 52.9 Å². The zero-order chi connectivity index (χ0) is 24.1. The lowest BCUT2D eigenvalue weighted by atomic mass is 9.79. The number of hydrogen-bond acceptors (Lipinski definition) is 4. The number of nitrogens with zero attached hydrogens (tertiary/aromatic N) is 1. The summed E-state index contributed by atoms with van der Waals surface area (Å²) in [7, 11) is 0. The monoisotopic (exact) mass is 370 g/mol. The van der Waals surface area contributed by atoms with Crippen LogP contribution in [0.2, 0.25) is 0 Å². The van der Waals surface area contributed by atoms with Gasteiger partial charge >= 0.3 is 0 Å². The van der Waals surface area contributed by atoms with Gasteiger partial charge in [-0.3, -0.25) is 9.29 Å². The van der Waals surface area contributed by atoms with Gasteiger partial charge in [0.25, 0.3) is 0 Å². The van der Waals surface area contributed by atoms with Gasteiger partial charge in [-0.25, -0.2) is 0 Å². The molecule has 0 amide bonds. The Bertz CT molecular complexity index is 832. The predicted octanol–water partition coefficient (Wildman–Crippen LogP) is 3.24. The molecule has 0 saturated carbocycles. The molecule has 0 spiro atoms. The van der Waals surface area contributed by atoms with Gasteiger partial charge in [-0.2, -0.15) is 0 Å². The lowest BCUT2D eigenvalue weighted by Gasteiger charge is -2.46. The normalized spacial score (nSPS) is 30.9. The van der Waals surface area contributed by atoms with Crippen LogP contribution >= 0.6 is 0 Å². The molecule has 3 atom stereocenters. The van der Waals surface area contributed by atoms with Gasteiger partial charge in [0.2, 0.25) is 0 Å². The first-order valence-corrected chi connectivity index (χ1v) is 9.24. The number of aliphatic hydroxyl groups is 2. The molecule has 1 aromatic rings. The van der Waals surface area contributed by atoms with Crippen molar-refractivity contribution in [3.8, 4) is 5.75 Å². The van der Waals surface area contributed by atoms with Crippen molar-refractivity contribution >= 4 is 0 Å². The fourth-order valence-electron chi connectivity index (χ4n) is 4.32. The molecular formula is C21H32FNO3. The van der Waals surface area contributed by atoms with Crippen LogP contribution in [0, 0.1) is 11.8 Å². The second-order valence-corrected chi connectivity index (χ2v) is 7.69. The van der Waals surface area contributed by atoms with E-state index in [-0.39, 0.29) is 23.3 Å². The summed E-state index contributed by atoms with van der Waals surface area (Å²) < 4.78 is 63.7. The molecule has 3 rings (SSSR count). The third kappa shape index (κ3) is 4.21. The van der Waals surface area contributed by atoms with E-state index in [0.29, 0.717) is 18.8 Å². The van der Waals surface area contributed by atoms with Gasteiger partial charge < -0.3 is 14.9 Å². The fourth-order valence-corrected chi connectivity index (χ4v) is 4.32. The van der Waals surface area contributed by atoms with E-state index in [1.165, 1.54) is 6.07 Å². The second kappa shape index (κ2) is 8.68. The quantitative estimate of drug-likeness (QED) is 0.774. The molecule has 5 heteroatoms. The largest absolute Gasteiger partial charge is 0.493 e. The molecule has 0 unspecified atom stereocenters. The lowest BCUT2D eigenvalue weighted by Crippen LogP contribution is -2.48. The standard InChI is InChI=1S/C21H32FNO3/c1-14(2)8-16-12-23-6-4-15-10-21(26-7-3-5-22)17(13-24)9-18(15)19(23)11-20(16)25/h9-10,14,16,19-20,24-25H,3-8,11-13H2,1-2H3/t16-,19-,20-/m1/s1/i3D2,5D2,7D2,22-1. The summed E-state index contributed by atoms with van der Waals surface area (Å²) in [6, 6.07) is 3.14. The maximum absolute atomic E-state index is 13.7. The average Bonchev–Trinajstić information content (AvgIpc) is 2.66. The summed E-state index contributed by atoms with van der Waals surface area (Å²) >= 11 is 0. The Labute approximate surface area is 164 Å². The number of fused-ring (bicyclic) bond motifs is 3. The van der Waals surface area contributed by atoms with Crippen LogP contribution in [0.15, 0.2) is 12.1 Å². The van der Waals surface area contributed by atoms with E-state index < -0.39 is 32.3 Å². The van der Waals surface area contributed by atoms with E-state index in [1.54, 1.807) is 6.07 Å². The van der Waals surface area contributed by atoms with Gasteiger partial charge in [0, 0.05) is 33.8 Å². The van der Waals surface area contributed by atoms with Crippen LogP contribution in [0.5, 0.6) is 5.75 Å². The molecule has 0 aromatic heterocycles. The van der Waals surface area contributed by atoms with Crippen molar-refractivity contribution < 1.29 is 27.6 Å². The molecule has 2 N–H and O–H groups in total. The molecule has 1 saturated heterocycles. The number of ether oxygens (including phenoxy) is 1. The van der Waals surface area contributed by atoms with Crippen molar-refractivity contribution in [3.63, 3.8) is 0 Å². The molecule has 146 valence electrons. The fraction of sp³-hybridized carbons (Fsp3) is 0.714. The lowest BCUT2D eigenvalue weighted by molar-refractivity contribution is -0.0191. The Morgan fingerprint density at radius 2 is 2.23 bits per heavy atom.